The van der Waals surface area contributed by atoms with Gasteiger partial charge in [0.25, 0.3) is 0 Å². The van der Waals surface area contributed by atoms with Gasteiger partial charge in [-0.05, 0) is 51.7 Å². The molecule has 0 radical (unpaired) electrons. The summed E-state index contributed by atoms with van der Waals surface area (Å²) in [5, 5.41) is 2.72. The zero-order chi connectivity index (χ0) is 30.1. The van der Waals surface area contributed by atoms with Crippen LogP contribution in [0.3, 0.4) is 0 Å². The molecule has 3 fully saturated rings. The maximum Gasteiger partial charge on any atom is 0.509 e. The molecule has 0 bridgehead atoms. The van der Waals surface area contributed by atoms with Crippen LogP contribution >= 0.6 is 7.75 Å². The lowest BCUT2D eigenvalue weighted by molar-refractivity contribution is -0.152. The van der Waals surface area contributed by atoms with Gasteiger partial charge in [0.1, 0.15) is 35.8 Å². The molecule has 0 amide bonds. The van der Waals surface area contributed by atoms with E-state index in [1.807, 2.05) is 0 Å². The van der Waals surface area contributed by atoms with Gasteiger partial charge in [-0.1, -0.05) is 24.6 Å². The molecular formula is C27H33N6O9P. The number of nitrogens with zero attached hydrogens (tertiary/aromatic N) is 4. The highest BCUT2D eigenvalue weighted by Gasteiger charge is 2.58. The van der Waals surface area contributed by atoms with Gasteiger partial charge < -0.3 is 29.2 Å². The van der Waals surface area contributed by atoms with Crippen LogP contribution in [-0.4, -0.2) is 68.2 Å². The lowest BCUT2D eigenvalue weighted by atomic mass is 9.98. The van der Waals surface area contributed by atoms with Gasteiger partial charge in [0.05, 0.1) is 12.4 Å². The highest BCUT2D eigenvalue weighted by Crippen LogP contribution is 2.49. The fourth-order valence-electron chi connectivity index (χ4n) is 5.55. The molecule has 230 valence electrons. The summed E-state index contributed by atoms with van der Waals surface area (Å²) >= 11 is 0. The molecule has 2 saturated heterocycles. The van der Waals surface area contributed by atoms with E-state index in [1.165, 1.54) is 19.6 Å². The number of hydrogen-bond donors (Lipinski definition) is 2. The van der Waals surface area contributed by atoms with E-state index >= 15 is 0 Å². The monoisotopic (exact) mass is 616 g/mol. The van der Waals surface area contributed by atoms with Gasteiger partial charge in [-0.15, -0.1) is 0 Å². The van der Waals surface area contributed by atoms with E-state index < -0.39 is 56.6 Å². The van der Waals surface area contributed by atoms with Crippen LogP contribution in [0.15, 0.2) is 43.0 Å². The van der Waals surface area contributed by atoms with E-state index in [0.717, 1.165) is 32.1 Å². The Hall–Kier alpha value is -3.78. The van der Waals surface area contributed by atoms with Crippen LogP contribution in [0.2, 0.25) is 0 Å². The predicted octanol–water partition coefficient (Wildman–Crippen LogP) is 3.66. The molecule has 2 aromatic heterocycles. The molecule has 3 aliphatic rings. The second-order valence-corrected chi connectivity index (χ2v) is 12.4. The van der Waals surface area contributed by atoms with Crippen LogP contribution in [-0.2, 0) is 32.8 Å². The number of carbonyl (C=O) groups is 2. The molecule has 1 aliphatic carbocycles. The van der Waals surface area contributed by atoms with E-state index in [-0.39, 0.29) is 17.7 Å². The van der Waals surface area contributed by atoms with E-state index in [0.29, 0.717) is 11.2 Å². The standard InChI is InChI=1S/C27H33N6O9P/c1-15(26(34)37-17-9-5-3-6-10-17)32-43(36,42-18-11-7-4-8-12-18)41-16(2)20-21-22(40-27(35)39-21)25(38-20)33-14-31-19-23(28)29-13-30-24(19)33/h4,7-8,11-17,20-22,25H,3,5-6,9-10H2,1-2H3,(H,32,36)(H2,28,29,30)/t15-,16-,20+,21+,22+,25+,43?/m0/s1. The molecule has 1 aromatic carbocycles. The van der Waals surface area contributed by atoms with Crippen LogP contribution in [0.4, 0.5) is 10.6 Å². The molecule has 15 nitrogen and oxygen atoms in total. The van der Waals surface area contributed by atoms with Crippen molar-refractivity contribution in [1.29, 1.82) is 0 Å². The van der Waals surface area contributed by atoms with Gasteiger partial charge in [0.2, 0.25) is 0 Å². The fraction of sp³-hybridized carbons (Fsp3) is 0.519. The number of nitrogen functional groups attached to an aromatic ring is 1. The number of imidazole rings is 1. The SMILES string of the molecule is C[C@H](NP(=O)(Oc1ccccc1)O[C@@H](C)[C@H]1O[C@@H](n2cnc3c(N)ncnc32)[C@@H]2OC(=O)O[C@@H]21)C(=O)OC1CCCCC1. The van der Waals surface area contributed by atoms with Gasteiger partial charge in [-0.2, -0.15) is 5.09 Å². The Morgan fingerprint density at radius 2 is 1.84 bits per heavy atom. The van der Waals surface area contributed by atoms with Crippen LogP contribution in [0, 0.1) is 0 Å². The van der Waals surface area contributed by atoms with Gasteiger partial charge >= 0.3 is 19.9 Å². The molecule has 6 rings (SSSR count). The van der Waals surface area contributed by atoms with Crippen LogP contribution < -0.4 is 15.3 Å². The number of aromatic nitrogens is 4. The number of esters is 1. The lowest BCUT2D eigenvalue weighted by Crippen LogP contribution is -2.41. The van der Waals surface area contributed by atoms with Crippen molar-refractivity contribution in [1.82, 2.24) is 24.6 Å². The largest absolute Gasteiger partial charge is 0.509 e. The number of ether oxygens (including phenoxy) is 4. The molecule has 1 unspecified atom stereocenters. The first-order valence-corrected chi connectivity index (χ1v) is 15.7. The Labute approximate surface area is 246 Å². The average Bonchev–Trinajstić information content (AvgIpc) is 3.67. The van der Waals surface area contributed by atoms with Gasteiger partial charge in [0, 0.05) is 0 Å². The molecule has 4 heterocycles. The number of fused-ring (bicyclic) bond motifs is 2. The Kier molecular flexibility index (Phi) is 8.23. The van der Waals surface area contributed by atoms with Gasteiger partial charge in [-0.25, -0.2) is 24.3 Å². The molecule has 3 aromatic rings. The van der Waals surface area contributed by atoms with Crippen molar-refractivity contribution in [3.05, 3.63) is 43.0 Å². The maximum atomic E-state index is 14.2. The molecule has 2 aliphatic heterocycles. The molecule has 16 heteroatoms. The molecule has 43 heavy (non-hydrogen) atoms. The fourth-order valence-corrected chi connectivity index (χ4v) is 7.24. The Morgan fingerprint density at radius 1 is 1.09 bits per heavy atom. The van der Waals surface area contributed by atoms with Gasteiger partial charge in [-0.3, -0.25) is 13.9 Å². The summed E-state index contributed by atoms with van der Waals surface area (Å²) in [5.41, 5.74) is 6.64. The lowest BCUT2D eigenvalue weighted by Gasteiger charge is -2.29. The summed E-state index contributed by atoms with van der Waals surface area (Å²) in [7, 11) is -4.26. The maximum absolute atomic E-state index is 14.2. The number of nitrogens with one attached hydrogen (secondary N) is 1. The summed E-state index contributed by atoms with van der Waals surface area (Å²) < 4.78 is 50.4. The van der Waals surface area contributed by atoms with Crippen molar-refractivity contribution in [3.63, 3.8) is 0 Å². The van der Waals surface area contributed by atoms with Gasteiger partial charge in [0.15, 0.2) is 29.9 Å². The second kappa shape index (κ2) is 12.1. The number of hydrogen-bond acceptors (Lipinski definition) is 13. The second-order valence-electron chi connectivity index (χ2n) is 10.7. The first-order valence-electron chi connectivity index (χ1n) is 14.2. The first-order chi connectivity index (χ1) is 20.7. The summed E-state index contributed by atoms with van der Waals surface area (Å²) in [6.45, 7) is 3.12. The molecule has 7 atom stereocenters. The highest BCUT2D eigenvalue weighted by molar-refractivity contribution is 7.52. The molecular weight excluding hydrogens is 583 g/mol. The minimum Gasteiger partial charge on any atom is -0.461 e. The summed E-state index contributed by atoms with van der Waals surface area (Å²) in [5.74, 6) is -0.143. The number of para-hydroxylation sites is 1. The number of rotatable bonds is 10. The van der Waals surface area contributed by atoms with Crippen molar-refractivity contribution >= 4 is 36.9 Å². The van der Waals surface area contributed by atoms with Crippen LogP contribution in [0.25, 0.3) is 11.2 Å². The summed E-state index contributed by atoms with van der Waals surface area (Å²) in [6.07, 6.45) is 1.63. The third-order valence-electron chi connectivity index (χ3n) is 7.63. The minimum atomic E-state index is -4.26. The van der Waals surface area contributed by atoms with E-state index in [2.05, 4.69) is 20.0 Å². The molecule has 0 spiro atoms. The van der Waals surface area contributed by atoms with Crippen molar-refractivity contribution < 1.29 is 42.1 Å². The van der Waals surface area contributed by atoms with Crippen molar-refractivity contribution in [2.75, 3.05) is 5.73 Å². The normalized spacial score (nSPS) is 26.6. The Morgan fingerprint density at radius 3 is 2.60 bits per heavy atom. The molecule has 1 saturated carbocycles. The number of anilines is 1. The van der Waals surface area contributed by atoms with E-state index in [9.17, 15) is 14.2 Å². The van der Waals surface area contributed by atoms with Crippen molar-refractivity contribution in [2.24, 2.45) is 0 Å². The van der Waals surface area contributed by atoms with Crippen LogP contribution in [0.5, 0.6) is 5.75 Å². The minimum absolute atomic E-state index is 0.174. The smallest absolute Gasteiger partial charge is 0.461 e. The average molecular weight is 617 g/mol. The topological polar surface area (TPSA) is 188 Å². The summed E-state index contributed by atoms with van der Waals surface area (Å²) in [6, 6.07) is 7.38. The Balaban J connectivity index is 1.22. The number of carbonyl (C=O) groups excluding carboxylic acids is 2. The quantitative estimate of drug-likeness (QED) is 0.248. The first kappa shape index (κ1) is 29.3. The third-order valence-corrected chi connectivity index (χ3v) is 9.39. The van der Waals surface area contributed by atoms with E-state index in [4.69, 9.17) is 33.7 Å². The van der Waals surface area contributed by atoms with Crippen LogP contribution in [0.1, 0.15) is 52.2 Å². The molecule has 3 N–H and O–H groups in total. The zero-order valence-electron chi connectivity index (χ0n) is 23.6. The number of benzene rings is 1. The predicted molar refractivity (Wildman–Crippen MR) is 150 cm³/mol. The number of nitrogens with two attached hydrogens (primary N) is 1. The Bertz CT molecular complexity index is 1520. The van der Waals surface area contributed by atoms with Crippen molar-refractivity contribution in [2.45, 2.75) is 88.7 Å². The third kappa shape index (κ3) is 6.16. The van der Waals surface area contributed by atoms with E-state index in [1.54, 1.807) is 41.8 Å². The summed E-state index contributed by atoms with van der Waals surface area (Å²) in [4.78, 5) is 37.6. The zero-order valence-corrected chi connectivity index (χ0v) is 24.5. The van der Waals surface area contributed by atoms with Crippen molar-refractivity contribution in [3.8, 4) is 5.75 Å². The highest BCUT2D eigenvalue weighted by atomic mass is 31.2.